The molecule has 0 aromatic carbocycles. The van der Waals surface area contributed by atoms with Crippen LogP contribution in [0.3, 0.4) is 0 Å². The number of esters is 1. The lowest BCUT2D eigenvalue weighted by atomic mass is 10.3. The molecular weight excluding hydrogens is 270 g/mol. The first-order valence-electron chi connectivity index (χ1n) is 6.35. The summed E-state index contributed by atoms with van der Waals surface area (Å²) < 4.78 is 35.6. The fourth-order valence-corrected chi connectivity index (χ4v) is 3.47. The largest absolute Gasteiger partial charge is 0.465 e. The van der Waals surface area contributed by atoms with Gasteiger partial charge in [0.2, 0.25) is 10.0 Å². The van der Waals surface area contributed by atoms with E-state index in [0.717, 1.165) is 17.1 Å². The molecule has 0 N–H and O–H groups in total. The van der Waals surface area contributed by atoms with E-state index in [1.807, 2.05) is 0 Å². The molecule has 0 spiro atoms. The van der Waals surface area contributed by atoms with Crippen molar-refractivity contribution in [2.45, 2.75) is 25.9 Å². The van der Waals surface area contributed by atoms with E-state index in [-0.39, 0.29) is 31.6 Å². The van der Waals surface area contributed by atoms with Crippen LogP contribution in [-0.4, -0.2) is 56.9 Å². The maximum absolute atomic E-state index is 12.2. The Morgan fingerprint density at radius 3 is 2.84 bits per heavy atom. The van der Waals surface area contributed by atoms with Crippen LogP contribution in [0.2, 0.25) is 0 Å². The Morgan fingerprint density at radius 2 is 2.32 bits per heavy atom. The number of hydrogen-bond donors (Lipinski definition) is 0. The molecule has 1 heterocycles. The molecule has 1 fully saturated rings. The first-order chi connectivity index (χ1) is 8.99. The van der Waals surface area contributed by atoms with Crippen LogP contribution in [0.15, 0.2) is 12.7 Å². The van der Waals surface area contributed by atoms with Gasteiger partial charge in [0.05, 0.1) is 18.5 Å². The molecule has 1 unspecified atom stereocenters. The lowest BCUT2D eigenvalue weighted by Crippen LogP contribution is -2.40. The van der Waals surface area contributed by atoms with Crippen LogP contribution in [0.4, 0.5) is 0 Å². The zero-order valence-electron chi connectivity index (χ0n) is 11.2. The molecule has 1 atom stereocenters. The molecule has 0 radical (unpaired) electrons. The molecule has 0 saturated carbocycles. The van der Waals surface area contributed by atoms with E-state index in [9.17, 15) is 13.2 Å². The molecular formula is C12H21NO5S. The molecule has 1 aliphatic rings. The molecule has 0 aromatic heterocycles. The Morgan fingerprint density at radius 1 is 1.58 bits per heavy atom. The summed E-state index contributed by atoms with van der Waals surface area (Å²) in [4.78, 5) is 11.4. The van der Waals surface area contributed by atoms with Crippen LogP contribution in [0.1, 0.15) is 19.8 Å². The monoisotopic (exact) mass is 291 g/mol. The highest BCUT2D eigenvalue weighted by molar-refractivity contribution is 7.89. The number of carbonyl (C=O) groups is 1. The number of rotatable bonds is 8. The third-order valence-electron chi connectivity index (χ3n) is 2.76. The average molecular weight is 291 g/mol. The molecule has 110 valence electrons. The predicted molar refractivity (Wildman–Crippen MR) is 71.2 cm³/mol. The molecule has 0 aromatic rings. The van der Waals surface area contributed by atoms with Gasteiger partial charge in [-0.2, -0.15) is 4.31 Å². The van der Waals surface area contributed by atoms with Gasteiger partial charge in [0.15, 0.2) is 0 Å². The third kappa shape index (κ3) is 5.30. The maximum atomic E-state index is 12.2. The van der Waals surface area contributed by atoms with E-state index in [1.54, 1.807) is 6.92 Å². The molecule has 6 nitrogen and oxygen atoms in total. The fourth-order valence-electron chi connectivity index (χ4n) is 1.89. The second kappa shape index (κ2) is 7.62. The standard InChI is InChI=1S/C12H21NO5S/c1-3-7-13(9-12(14)17-4-2)19(15,16)10-11-6-5-8-18-11/h3,11H,1,4-10H2,2H3. The summed E-state index contributed by atoms with van der Waals surface area (Å²) in [7, 11) is -3.55. The van der Waals surface area contributed by atoms with Crippen molar-refractivity contribution in [2.75, 3.05) is 32.1 Å². The van der Waals surface area contributed by atoms with E-state index < -0.39 is 16.0 Å². The second-order valence-electron chi connectivity index (χ2n) is 4.30. The quantitative estimate of drug-likeness (QED) is 0.482. The minimum atomic E-state index is -3.55. The van der Waals surface area contributed by atoms with Crippen molar-refractivity contribution in [3.63, 3.8) is 0 Å². The number of ether oxygens (including phenoxy) is 2. The minimum Gasteiger partial charge on any atom is -0.465 e. The topological polar surface area (TPSA) is 72.9 Å². The van der Waals surface area contributed by atoms with Crippen molar-refractivity contribution >= 4 is 16.0 Å². The van der Waals surface area contributed by atoms with Gasteiger partial charge in [0.1, 0.15) is 6.54 Å². The molecule has 1 rings (SSSR count). The van der Waals surface area contributed by atoms with Gasteiger partial charge in [0.25, 0.3) is 0 Å². The van der Waals surface area contributed by atoms with E-state index in [2.05, 4.69) is 6.58 Å². The van der Waals surface area contributed by atoms with Crippen LogP contribution in [0.5, 0.6) is 0 Å². The predicted octanol–water partition coefficient (Wildman–Crippen LogP) is 0.546. The normalized spacial score (nSPS) is 19.6. The summed E-state index contributed by atoms with van der Waals surface area (Å²) >= 11 is 0. The smallest absolute Gasteiger partial charge is 0.321 e. The van der Waals surface area contributed by atoms with Gasteiger partial charge in [-0.25, -0.2) is 8.42 Å². The van der Waals surface area contributed by atoms with Crippen molar-refractivity contribution in [3.8, 4) is 0 Å². The first kappa shape index (κ1) is 16.1. The minimum absolute atomic E-state index is 0.0911. The lowest BCUT2D eigenvalue weighted by molar-refractivity contribution is -0.143. The molecule has 19 heavy (non-hydrogen) atoms. The molecule has 1 saturated heterocycles. The molecule has 0 aliphatic carbocycles. The van der Waals surface area contributed by atoms with Crippen molar-refractivity contribution in [2.24, 2.45) is 0 Å². The van der Waals surface area contributed by atoms with Crippen LogP contribution in [0.25, 0.3) is 0 Å². The molecule has 0 amide bonds. The zero-order valence-corrected chi connectivity index (χ0v) is 12.0. The highest BCUT2D eigenvalue weighted by Gasteiger charge is 2.29. The van der Waals surface area contributed by atoms with Crippen molar-refractivity contribution in [1.82, 2.24) is 4.31 Å². The van der Waals surface area contributed by atoms with Crippen LogP contribution < -0.4 is 0 Å². The van der Waals surface area contributed by atoms with Gasteiger partial charge >= 0.3 is 5.97 Å². The van der Waals surface area contributed by atoms with E-state index in [1.165, 1.54) is 6.08 Å². The highest BCUT2D eigenvalue weighted by atomic mass is 32.2. The Kier molecular flexibility index (Phi) is 6.47. The second-order valence-corrected chi connectivity index (χ2v) is 6.31. The van der Waals surface area contributed by atoms with Gasteiger partial charge in [-0.05, 0) is 19.8 Å². The van der Waals surface area contributed by atoms with E-state index in [4.69, 9.17) is 9.47 Å². The van der Waals surface area contributed by atoms with Crippen molar-refractivity contribution in [1.29, 1.82) is 0 Å². The Hall–Kier alpha value is -0.920. The summed E-state index contributed by atoms with van der Waals surface area (Å²) in [6, 6.07) is 0. The summed E-state index contributed by atoms with van der Waals surface area (Å²) in [6.07, 6.45) is 2.78. The Bertz CT molecular complexity index is 400. The Labute approximate surface area is 114 Å². The Balaban J connectivity index is 2.66. The zero-order chi connectivity index (χ0) is 14.3. The van der Waals surface area contributed by atoms with Gasteiger partial charge in [0, 0.05) is 13.2 Å². The summed E-state index contributed by atoms with van der Waals surface area (Å²) in [5, 5.41) is 0. The van der Waals surface area contributed by atoms with Gasteiger partial charge in [-0.15, -0.1) is 6.58 Å². The van der Waals surface area contributed by atoms with Crippen molar-refractivity contribution < 1.29 is 22.7 Å². The SMILES string of the molecule is C=CCN(CC(=O)OCC)S(=O)(=O)CC1CCCO1. The molecule has 7 heteroatoms. The molecule has 1 aliphatic heterocycles. The van der Waals surface area contributed by atoms with E-state index >= 15 is 0 Å². The fraction of sp³-hybridized carbons (Fsp3) is 0.750. The molecule has 0 bridgehead atoms. The number of nitrogens with zero attached hydrogens (tertiary/aromatic N) is 1. The number of carbonyl (C=O) groups excluding carboxylic acids is 1. The number of sulfonamides is 1. The average Bonchev–Trinajstić information content (AvgIpc) is 2.81. The van der Waals surface area contributed by atoms with Crippen LogP contribution in [-0.2, 0) is 24.3 Å². The first-order valence-corrected chi connectivity index (χ1v) is 7.96. The summed E-state index contributed by atoms with van der Waals surface area (Å²) in [6.45, 7) is 5.82. The van der Waals surface area contributed by atoms with Crippen LogP contribution in [0, 0.1) is 0 Å². The maximum Gasteiger partial charge on any atom is 0.321 e. The third-order valence-corrected chi connectivity index (χ3v) is 4.62. The highest BCUT2D eigenvalue weighted by Crippen LogP contribution is 2.16. The van der Waals surface area contributed by atoms with Gasteiger partial charge in [-0.3, -0.25) is 4.79 Å². The lowest BCUT2D eigenvalue weighted by Gasteiger charge is -2.21. The van der Waals surface area contributed by atoms with Crippen LogP contribution >= 0.6 is 0 Å². The van der Waals surface area contributed by atoms with E-state index in [0.29, 0.717) is 6.61 Å². The van der Waals surface area contributed by atoms with Crippen molar-refractivity contribution in [3.05, 3.63) is 12.7 Å². The van der Waals surface area contributed by atoms with Gasteiger partial charge < -0.3 is 9.47 Å². The number of hydrogen-bond acceptors (Lipinski definition) is 5. The van der Waals surface area contributed by atoms with Gasteiger partial charge in [-0.1, -0.05) is 6.08 Å². The summed E-state index contributed by atoms with van der Waals surface area (Å²) in [5.74, 6) is -0.652. The summed E-state index contributed by atoms with van der Waals surface area (Å²) in [5.41, 5.74) is 0.